The van der Waals surface area contributed by atoms with Crippen LogP contribution in [0.5, 0.6) is 5.75 Å². The molecule has 114 valence electrons. The van der Waals surface area contributed by atoms with Gasteiger partial charge >= 0.3 is 0 Å². The molecule has 1 aromatic carbocycles. The lowest BCUT2D eigenvalue weighted by Crippen LogP contribution is -2.37. The van der Waals surface area contributed by atoms with E-state index < -0.39 is 0 Å². The SMILES string of the molecule is CCNC(c1c(C)cc(C)cc1OC)C(OC)C(C)C. The number of rotatable bonds is 7. The Bertz CT molecular complexity index is 429. The van der Waals surface area contributed by atoms with Crippen molar-refractivity contribution < 1.29 is 9.47 Å². The second-order valence-corrected chi connectivity index (χ2v) is 5.68. The Morgan fingerprint density at radius 1 is 1.15 bits per heavy atom. The van der Waals surface area contributed by atoms with Gasteiger partial charge in [-0.2, -0.15) is 0 Å². The van der Waals surface area contributed by atoms with E-state index in [0.717, 1.165) is 12.3 Å². The zero-order chi connectivity index (χ0) is 15.3. The average molecular weight is 279 g/mol. The van der Waals surface area contributed by atoms with Gasteiger partial charge in [0.25, 0.3) is 0 Å². The number of methoxy groups -OCH3 is 2. The fourth-order valence-corrected chi connectivity index (χ4v) is 2.90. The lowest BCUT2D eigenvalue weighted by molar-refractivity contribution is 0.0322. The molecule has 0 aliphatic heterocycles. The molecule has 2 unspecified atom stereocenters. The van der Waals surface area contributed by atoms with Crippen LogP contribution < -0.4 is 10.1 Å². The van der Waals surface area contributed by atoms with Crippen molar-refractivity contribution >= 4 is 0 Å². The Kier molecular flexibility index (Phi) is 6.50. The smallest absolute Gasteiger partial charge is 0.124 e. The van der Waals surface area contributed by atoms with Crippen LogP contribution in [0.25, 0.3) is 0 Å². The standard InChI is InChI=1S/C17H29NO2/c1-8-18-16(17(20-7)11(2)3)15-13(5)9-12(4)10-14(15)19-6/h9-11,16-18H,8H2,1-7H3. The monoisotopic (exact) mass is 279 g/mol. The third-order valence-corrected chi connectivity index (χ3v) is 3.71. The largest absolute Gasteiger partial charge is 0.496 e. The summed E-state index contributed by atoms with van der Waals surface area (Å²) in [6.45, 7) is 11.6. The second-order valence-electron chi connectivity index (χ2n) is 5.68. The minimum Gasteiger partial charge on any atom is -0.496 e. The topological polar surface area (TPSA) is 30.5 Å². The normalized spacial score (nSPS) is 14.4. The van der Waals surface area contributed by atoms with Crippen molar-refractivity contribution in [2.24, 2.45) is 5.92 Å². The Hall–Kier alpha value is -1.06. The summed E-state index contributed by atoms with van der Waals surface area (Å²) in [6, 6.07) is 4.44. The molecular weight excluding hydrogens is 250 g/mol. The summed E-state index contributed by atoms with van der Waals surface area (Å²) < 4.78 is 11.4. The van der Waals surface area contributed by atoms with E-state index in [2.05, 4.69) is 52.1 Å². The predicted octanol–water partition coefficient (Wildman–Crippen LogP) is 3.63. The molecule has 1 rings (SSSR count). The summed E-state index contributed by atoms with van der Waals surface area (Å²) in [6.07, 6.45) is 0.116. The van der Waals surface area contributed by atoms with Crippen LogP contribution in [0.4, 0.5) is 0 Å². The van der Waals surface area contributed by atoms with E-state index in [1.165, 1.54) is 16.7 Å². The van der Waals surface area contributed by atoms with Crippen LogP contribution in [-0.2, 0) is 4.74 Å². The maximum absolute atomic E-state index is 5.75. The minimum atomic E-state index is 0.116. The van der Waals surface area contributed by atoms with E-state index in [0.29, 0.717) is 5.92 Å². The van der Waals surface area contributed by atoms with Gasteiger partial charge in [-0.05, 0) is 43.5 Å². The molecule has 0 saturated carbocycles. The summed E-state index contributed by atoms with van der Waals surface area (Å²) in [4.78, 5) is 0. The average Bonchev–Trinajstić information content (AvgIpc) is 2.37. The maximum Gasteiger partial charge on any atom is 0.124 e. The highest BCUT2D eigenvalue weighted by Gasteiger charge is 2.29. The minimum absolute atomic E-state index is 0.116. The van der Waals surface area contributed by atoms with Gasteiger partial charge in [-0.3, -0.25) is 0 Å². The Morgan fingerprint density at radius 2 is 1.80 bits per heavy atom. The molecule has 3 nitrogen and oxygen atoms in total. The first-order valence-electron chi connectivity index (χ1n) is 7.37. The van der Waals surface area contributed by atoms with E-state index >= 15 is 0 Å². The van der Waals surface area contributed by atoms with Crippen LogP contribution >= 0.6 is 0 Å². The van der Waals surface area contributed by atoms with Gasteiger partial charge in [-0.15, -0.1) is 0 Å². The second kappa shape index (κ2) is 7.65. The van der Waals surface area contributed by atoms with E-state index in [4.69, 9.17) is 9.47 Å². The molecule has 0 spiro atoms. The molecule has 0 saturated heterocycles. The molecule has 0 aliphatic rings. The maximum atomic E-state index is 5.75. The van der Waals surface area contributed by atoms with Gasteiger partial charge in [0.05, 0.1) is 19.3 Å². The zero-order valence-electron chi connectivity index (χ0n) is 13.9. The Labute approximate surface area is 123 Å². The molecule has 0 radical (unpaired) electrons. The van der Waals surface area contributed by atoms with Crippen molar-refractivity contribution in [3.05, 3.63) is 28.8 Å². The van der Waals surface area contributed by atoms with Gasteiger partial charge < -0.3 is 14.8 Å². The highest BCUT2D eigenvalue weighted by molar-refractivity contribution is 5.45. The van der Waals surface area contributed by atoms with Crippen LogP contribution in [0.3, 0.4) is 0 Å². The third-order valence-electron chi connectivity index (χ3n) is 3.71. The lowest BCUT2D eigenvalue weighted by Gasteiger charge is -2.32. The molecule has 0 heterocycles. The Balaban J connectivity index is 3.33. The Morgan fingerprint density at radius 3 is 2.25 bits per heavy atom. The van der Waals surface area contributed by atoms with E-state index in [1.54, 1.807) is 14.2 Å². The van der Waals surface area contributed by atoms with Gasteiger partial charge in [0, 0.05) is 12.7 Å². The van der Waals surface area contributed by atoms with Gasteiger partial charge in [-0.25, -0.2) is 0 Å². The summed E-state index contributed by atoms with van der Waals surface area (Å²) in [7, 11) is 3.52. The van der Waals surface area contributed by atoms with Crippen molar-refractivity contribution in [3.8, 4) is 5.75 Å². The number of benzene rings is 1. The van der Waals surface area contributed by atoms with Crippen molar-refractivity contribution in [3.63, 3.8) is 0 Å². The van der Waals surface area contributed by atoms with Crippen molar-refractivity contribution in [2.45, 2.75) is 46.8 Å². The lowest BCUT2D eigenvalue weighted by atomic mass is 9.89. The number of ether oxygens (including phenoxy) is 2. The van der Waals surface area contributed by atoms with Crippen molar-refractivity contribution in [2.75, 3.05) is 20.8 Å². The van der Waals surface area contributed by atoms with Crippen LogP contribution in [-0.4, -0.2) is 26.9 Å². The van der Waals surface area contributed by atoms with Gasteiger partial charge in [0.2, 0.25) is 0 Å². The summed E-state index contributed by atoms with van der Waals surface area (Å²) in [5.41, 5.74) is 3.67. The van der Waals surface area contributed by atoms with Crippen molar-refractivity contribution in [1.82, 2.24) is 5.32 Å². The van der Waals surface area contributed by atoms with Gasteiger partial charge in [0.1, 0.15) is 5.75 Å². The molecule has 20 heavy (non-hydrogen) atoms. The molecule has 1 aromatic rings. The molecule has 0 amide bonds. The molecule has 2 atom stereocenters. The number of hydrogen-bond acceptors (Lipinski definition) is 3. The van der Waals surface area contributed by atoms with Crippen molar-refractivity contribution in [1.29, 1.82) is 0 Å². The number of hydrogen-bond donors (Lipinski definition) is 1. The first-order chi connectivity index (χ1) is 9.46. The first kappa shape index (κ1) is 17.0. The molecular formula is C17H29NO2. The summed E-state index contributed by atoms with van der Waals surface area (Å²) in [5, 5.41) is 3.56. The summed E-state index contributed by atoms with van der Waals surface area (Å²) in [5.74, 6) is 1.37. The highest BCUT2D eigenvalue weighted by atomic mass is 16.5. The van der Waals surface area contributed by atoms with Gasteiger partial charge in [0.15, 0.2) is 0 Å². The fourth-order valence-electron chi connectivity index (χ4n) is 2.90. The number of likely N-dealkylation sites (N-methyl/N-ethyl adjacent to an activating group) is 1. The quantitative estimate of drug-likeness (QED) is 0.826. The van der Waals surface area contributed by atoms with E-state index in [9.17, 15) is 0 Å². The van der Waals surface area contributed by atoms with Crippen LogP contribution in [0, 0.1) is 19.8 Å². The predicted molar refractivity (Wildman–Crippen MR) is 84.5 cm³/mol. The molecule has 0 bridgehead atoms. The van der Waals surface area contributed by atoms with Crippen LogP contribution in [0.15, 0.2) is 12.1 Å². The molecule has 3 heteroatoms. The molecule has 0 aromatic heterocycles. The molecule has 0 aliphatic carbocycles. The molecule has 1 N–H and O–H groups in total. The van der Waals surface area contributed by atoms with Crippen LogP contribution in [0.1, 0.15) is 43.5 Å². The van der Waals surface area contributed by atoms with E-state index in [-0.39, 0.29) is 12.1 Å². The number of aryl methyl sites for hydroxylation is 2. The zero-order valence-corrected chi connectivity index (χ0v) is 13.9. The third kappa shape index (κ3) is 3.74. The van der Waals surface area contributed by atoms with Gasteiger partial charge in [-0.1, -0.05) is 26.8 Å². The van der Waals surface area contributed by atoms with E-state index in [1.807, 2.05) is 0 Å². The van der Waals surface area contributed by atoms with Crippen LogP contribution in [0.2, 0.25) is 0 Å². The fraction of sp³-hybridized carbons (Fsp3) is 0.647. The highest BCUT2D eigenvalue weighted by Crippen LogP contribution is 2.34. The number of nitrogens with one attached hydrogen (secondary N) is 1. The summed E-state index contributed by atoms with van der Waals surface area (Å²) >= 11 is 0. The first-order valence-corrected chi connectivity index (χ1v) is 7.37. The molecule has 0 fully saturated rings.